The highest BCUT2D eigenvalue weighted by atomic mass is 35.5. The molecule has 1 aromatic carbocycles. The zero-order chi connectivity index (χ0) is 17.6. The fraction of sp³-hybridized carbons (Fsp3) is 0.350. The number of Topliss-reactive ketones (excluding diaryl/α,β-unsaturated/α-hetero) is 1. The summed E-state index contributed by atoms with van der Waals surface area (Å²) < 4.78 is 0. The number of allylic oxidation sites excluding steroid dienone is 2. The third-order valence-corrected chi connectivity index (χ3v) is 5.53. The second-order valence-corrected chi connectivity index (χ2v) is 7.22. The molecule has 128 valence electrons. The predicted octanol–water partition coefficient (Wildman–Crippen LogP) is 4.63. The summed E-state index contributed by atoms with van der Waals surface area (Å²) in [6, 6.07) is 5.87. The van der Waals surface area contributed by atoms with Crippen LogP contribution >= 0.6 is 11.6 Å². The van der Waals surface area contributed by atoms with Crippen LogP contribution in [0.2, 0.25) is 5.02 Å². The molecule has 0 aliphatic heterocycles. The van der Waals surface area contributed by atoms with E-state index >= 15 is 0 Å². The maximum atomic E-state index is 12.9. The molecule has 1 fully saturated rings. The smallest absolute Gasteiger partial charge is 0.169 e. The van der Waals surface area contributed by atoms with E-state index in [1.807, 2.05) is 18.2 Å². The van der Waals surface area contributed by atoms with Gasteiger partial charge in [0, 0.05) is 29.8 Å². The first-order valence-electron chi connectivity index (χ1n) is 8.67. The summed E-state index contributed by atoms with van der Waals surface area (Å²) in [5.41, 5.74) is 3.19. The summed E-state index contributed by atoms with van der Waals surface area (Å²) in [6.07, 6.45) is 6.46. The van der Waals surface area contributed by atoms with Gasteiger partial charge in [0.25, 0.3) is 0 Å². The molecule has 0 saturated heterocycles. The van der Waals surface area contributed by atoms with Crippen LogP contribution in [0.15, 0.2) is 36.4 Å². The Morgan fingerprint density at radius 3 is 2.64 bits per heavy atom. The van der Waals surface area contributed by atoms with Crippen LogP contribution in [-0.4, -0.2) is 20.9 Å². The Morgan fingerprint density at radius 1 is 1.20 bits per heavy atom. The fourth-order valence-corrected chi connectivity index (χ4v) is 4.09. The van der Waals surface area contributed by atoms with Gasteiger partial charge in [-0.05, 0) is 42.9 Å². The molecule has 0 radical (unpaired) electrons. The minimum Gasteiger partial charge on any atom is -0.511 e. The van der Waals surface area contributed by atoms with Crippen molar-refractivity contribution in [3.63, 3.8) is 0 Å². The molecule has 25 heavy (non-hydrogen) atoms. The van der Waals surface area contributed by atoms with Crippen molar-refractivity contribution in [2.45, 2.75) is 32.6 Å². The number of aliphatic hydroxyl groups excluding tert-OH is 1. The number of halogens is 1. The number of rotatable bonds is 3. The first-order chi connectivity index (χ1) is 12.1. The minimum atomic E-state index is 0.0519. The molecule has 4 nitrogen and oxygen atoms in total. The monoisotopic (exact) mass is 354 g/mol. The third-order valence-electron chi connectivity index (χ3n) is 5.33. The number of carbonyl (C=O) groups excluding carboxylic acids is 1. The van der Waals surface area contributed by atoms with Gasteiger partial charge in [-0.1, -0.05) is 30.7 Å². The second kappa shape index (κ2) is 6.26. The van der Waals surface area contributed by atoms with Gasteiger partial charge in [-0.2, -0.15) is 0 Å². The van der Waals surface area contributed by atoms with Crippen molar-refractivity contribution in [1.82, 2.24) is 9.97 Å². The van der Waals surface area contributed by atoms with Crippen molar-refractivity contribution < 1.29 is 9.90 Å². The molecule has 2 atom stereocenters. The van der Waals surface area contributed by atoms with Crippen LogP contribution < -0.4 is 0 Å². The van der Waals surface area contributed by atoms with Gasteiger partial charge in [0.2, 0.25) is 0 Å². The number of nitrogens with zero attached hydrogens (tertiary/aromatic N) is 2. The van der Waals surface area contributed by atoms with E-state index in [9.17, 15) is 9.90 Å². The van der Waals surface area contributed by atoms with Gasteiger partial charge in [-0.3, -0.25) is 4.79 Å². The molecule has 0 unspecified atom stereocenters. The van der Waals surface area contributed by atoms with Crippen LogP contribution in [0.3, 0.4) is 0 Å². The maximum absolute atomic E-state index is 12.9. The summed E-state index contributed by atoms with van der Waals surface area (Å²) in [5.74, 6) is 1.08. The molecule has 2 bridgehead atoms. The SMILES string of the molecule is CCc1ccc(-c2ncc(Cl)cn2)cc1C1=C(O)[C@H]2CC[C@H](C2)C1=O. The van der Waals surface area contributed by atoms with Crippen LogP contribution in [0.4, 0.5) is 0 Å². The molecule has 1 aromatic heterocycles. The molecule has 0 spiro atoms. The van der Waals surface area contributed by atoms with Gasteiger partial charge in [0.1, 0.15) is 5.76 Å². The van der Waals surface area contributed by atoms with Crippen LogP contribution in [0.25, 0.3) is 17.0 Å². The van der Waals surface area contributed by atoms with E-state index in [-0.39, 0.29) is 23.4 Å². The second-order valence-electron chi connectivity index (χ2n) is 6.78. The summed E-state index contributed by atoms with van der Waals surface area (Å²) in [5, 5.41) is 11.2. The average molecular weight is 355 g/mol. The first-order valence-corrected chi connectivity index (χ1v) is 9.04. The zero-order valence-corrected chi connectivity index (χ0v) is 14.8. The van der Waals surface area contributed by atoms with Crippen molar-refractivity contribution in [1.29, 1.82) is 0 Å². The topological polar surface area (TPSA) is 63.1 Å². The maximum Gasteiger partial charge on any atom is 0.169 e. The molecule has 4 rings (SSSR count). The summed E-state index contributed by atoms with van der Waals surface area (Å²) >= 11 is 5.87. The summed E-state index contributed by atoms with van der Waals surface area (Å²) in [4.78, 5) is 21.4. The van der Waals surface area contributed by atoms with Crippen LogP contribution in [0, 0.1) is 11.8 Å². The van der Waals surface area contributed by atoms with E-state index in [1.165, 1.54) is 0 Å². The highest BCUT2D eigenvalue weighted by molar-refractivity contribution is 6.30. The lowest BCUT2D eigenvalue weighted by atomic mass is 9.81. The Hall–Kier alpha value is -2.20. The molecule has 1 saturated carbocycles. The van der Waals surface area contributed by atoms with Gasteiger partial charge in [-0.25, -0.2) is 9.97 Å². The van der Waals surface area contributed by atoms with Crippen LogP contribution in [0.1, 0.15) is 37.3 Å². The standard InChI is InChI=1S/C20H19ClN2O2/c1-2-11-3-6-14(20-22-9-15(21)10-23-20)8-16(11)17-18(24)12-4-5-13(7-12)19(17)25/h3,6,8-10,12-13,24H,2,4-5,7H2,1H3/t12-,13+/m0/s1. The van der Waals surface area contributed by atoms with E-state index in [1.54, 1.807) is 12.4 Å². The van der Waals surface area contributed by atoms with Gasteiger partial charge in [0.15, 0.2) is 11.6 Å². The minimum absolute atomic E-state index is 0.0519. The highest BCUT2D eigenvalue weighted by Gasteiger charge is 2.41. The fourth-order valence-electron chi connectivity index (χ4n) is 3.99. The zero-order valence-electron chi connectivity index (χ0n) is 14.0. The molecular weight excluding hydrogens is 336 g/mol. The number of ketones is 1. The lowest BCUT2D eigenvalue weighted by Gasteiger charge is -2.23. The number of aryl methyl sites for hydroxylation is 1. The molecule has 1 heterocycles. The lowest BCUT2D eigenvalue weighted by Crippen LogP contribution is -2.22. The Morgan fingerprint density at radius 2 is 1.92 bits per heavy atom. The number of aliphatic hydroxyl groups is 1. The normalized spacial score (nSPS) is 22.6. The lowest BCUT2D eigenvalue weighted by molar-refractivity contribution is -0.117. The van der Waals surface area contributed by atoms with E-state index in [0.717, 1.165) is 42.4 Å². The van der Waals surface area contributed by atoms with Crippen molar-refractivity contribution in [3.05, 3.63) is 52.5 Å². The van der Waals surface area contributed by atoms with E-state index in [4.69, 9.17) is 11.6 Å². The molecule has 1 N–H and O–H groups in total. The number of hydrogen-bond donors (Lipinski definition) is 1. The molecule has 2 aromatic rings. The molecule has 2 aliphatic carbocycles. The number of carbonyl (C=O) groups is 1. The number of fused-ring (bicyclic) bond motifs is 2. The van der Waals surface area contributed by atoms with Gasteiger partial charge >= 0.3 is 0 Å². The van der Waals surface area contributed by atoms with E-state index in [2.05, 4.69) is 16.9 Å². The predicted molar refractivity (Wildman–Crippen MR) is 97.2 cm³/mol. The number of aromatic nitrogens is 2. The van der Waals surface area contributed by atoms with Crippen LogP contribution in [-0.2, 0) is 11.2 Å². The third kappa shape index (κ3) is 2.74. The van der Waals surface area contributed by atoms with Crippen molar-refractivity contribution in [3.8, 4) is 11.4 Å². The summed E-state index contributed by atoms with van der Waals surface area (Å²) in [7, 11) is 0. The van der Waals surface area contributed by atoms with Gasteiger partial charge < -0.3 is 5.11 Å². The number of hydrogen-bond acceptors (Lipinski definition) is 4. The Labute approximate surface area is 151 Å². The quantitative estimate of drug-likeness (QED) is 0.873. The van der Waals surface area contributed by atoms with E-state index in [0.29, 0.717) is 16.4 Å². The van der Waals surface area contributed by atoms with Gasteiger partial charge in [-0.15, -0.1) is 0 Å². The highest BCUT2D eigenvalue weighted by Crippen LogP contribution is 2.46. The molecule has 0 amide bonds. The Balaban J connectivity index is 1.86. The largest absolute Gasteiger partial charge is 0.511 e. The van der Waals surface area contributed by atoms with Gasteiger partial charge in [0.05, 0.1) is 10.6 Å². The molecule has 2 aliphatic rings. The van der Waals surface area contributed by atoms with E-state index < -0.39 is 0 Å². The molecular formula is C20H19ClN2O2. The Kier molecular flexibility index (Phi) is 4.08. The number of benzene rings is 1. The van der Waals surface area contributed by atoms with Crippen LogP contribution in [0.5, 0.6) is 0 Å². The average Bonchev–Trinajstić information content (AvgIpc) is 3.08. The van der Waals surface area contributed by atoms with Crippen molar-refractivity contribution in [2.24, 2.45) is 11.8 Å². The first kappa shape index (κ1) is 16.3. The van der Waals surface area contributed by atoms with Crippen molar-refractivity contribution in [2.75, 3.05) is 0 Å². The summed E-state index contributed by atoms with van der Waals surface area (Å²) in [6.45, 7) is 2.05. The Bertz CT molecular complexity index is 874. The molecule has 5 heteroatoms. The van der Waals surface area contributed by atoms with Crippen molar-refractivity contribution >= 4 is 23.0 Å².